The van der Waals surface area contributed by atoms with Gasteiger partial charge in [-0.1, -0.05) is 30.3 Å². The van der Waals surface area contributed by atoms with Crippen LogP contribution in [-0.2, 0) is 0 Å². The first kappa shape index (κ1) is 13.2. The van der Waals surface area contributed by atoms with E-state index in [1.165, 1.54) is 0 Å². The number of benzene rings is 1. The van der Waals surface area contributed by atoms with Gasteiger partial charge in [-0.05, 0) is 31.5 Å². The smallest absolute Gasteiger partial charge is 0.252 e. The topological polar surface area (TPSA) is 51.4 Å². The highest BCUT2D eigenvalue weighted by Crippen LogP contribution is 2.16. The van der Waals surface area contributed by atoms with E-state index in [4.69, 9.17) is 0 Å². The van der Waals surface area contributed by atoms with E-state index in [0.717, 1.165) is 5.56 Å². The normalized spacial score (nSPS) is 10.8. The van der Waals surface area contributed by atoms with Crippen molar-refractivity contribution < 1.29 is 9.59 Å². The van der Waals surface area contributed by atoms with Gasteiger partial charge in [-0.3, -0.25) is 14.0 Å². The molecule has 21 heavy (non-hydrogen) atoms. The molecule has 0 atom stereocenters. The number of carbonyl (C=O) groups is 2. The Hall–Kier alpha value is -2.75. The number of hydrogen-bond acceptors (Lipinski definition) is 3. The highest BCUT2D eigenvalue weighted by molar-refractivity contribution is 6.49. The fourth-order valence-corrected chi connectivity index (χ4v) is 2.37. The van der Waals surface area contributed by atoms with Crippen molar-refractivity contribution in [3.8, 4) is 0 Å². The molecular weight excluding hydrogens is 264 g/mol. The van der Waals surface area contributed by atoms with Crippen LogP contribution in [0.15, 0.2) is 48.7 Å². The lowest BCUT2D eigenvalue weighted by Crippen LogP contribution is -2.17. The maximum absolute atomic E-state index is 12.5. The van der Waals surface area contributed by atoms with E-state index in [1.807, 2.05) is 25.1 Å². The summed E-state index contributed by atoms with van der Waals surface area (Å²) in [5.41, 5.74) is 3.02. The van der Waals surface area contributed by atoms with Crippen LogP contribution in [-0.4, -0.2) is 21.0 Å². The molecule has 0 aliphatic heterocycles. The predicted molar refractivity (Wildman–Crippen MR) is 79.8 cm³/mol. The van der Waals surface area contributed by atoms with Gasteiger partial charge in [0, 0.05) is 11.8 Å². The summed E-state index contributed by atoms with van der Waals surface area (Å²) in [4.78, 5) is 29.2. The number of pyridine rings is 1. The van der Waals surface area contributed by atoms with Crippen LogP contribution < -0.4 is 0 Å². The Kier molecular flexibility index (Phi) is 3.14. The van der Waals surface area contributed by atoms with Gasteiger partial charge >= 0.3 is 0 Å². The van der Waals surface area contributed by atoms with Crippen molar-refractivity contribution >= 4 is 17.2 Å². The zero-order valence-corrected chi connectivity index (χ0v) is 11.8. The summed E-state index contributed by atoms with van der Waals surface area (Å²) in [7, 11) is 0. The number of imidazole rings is 1. The third-order valence-electron chi connectivity index (χ3n) is 3.41. The largest absolute Gasteiger partial charge is 0.296 e. The number of aromatic nitrogens is 2. The standard InChI is InChI=1S/C17H14N2O2/c1-11-8-9-19-14(10-11)18-12(2)15(19)17(21)16(20)13-6-4-3-5-7-13/h3-10H,1-2H3. The average molecular weight is 278 g/mol. The first-order chi connectivity index (χ1) is 10.1. The molecule has 4 nitrogen and oxygen atoms in total. The summed E-state index contributed by atoms with van der Waals surface area (Å²) in [6.45, 7) is 3.70. The van der Waals surface area contributed by atoms with E-state index in [0.29, 0.717) is 22.6 Å². The molecule has 2 aromatic heterocycles. The van der Waals surface area contributed by atoms with E-state index in [2.05, 4.69) is 4.98 Å². The number of aryl methyl sites for hydroxylation is 2. The highest BCUT2D eigenvalue weighted by Gasteiger charge is 2.24. The quantitative estimate of drug-likeness (QED) is 0.546. The molecule has 0 amide bonds. The number of ketones is 2. The lowest BCUT2D eigenvalue weighted by Gasteiger charge is -2.02. The summed E-state index contributed by atoms with van der Waals surface area (Å²) in [6.07, 6.45) is 1.77. The molecule has 0 saturated heterocycles. The third-order valence-corrected chi connectivity index (χ3v) is 3.41. The van der Waals surface area contributed by atoms with Crippen LogP contribution in [0.5, 0.6) is 0 Å². The summed E-state index contributed by atoms with van der Waals surface area (Å²) in [6, 6.07) is 12.3. The van der Waals surface area contributed by atoms with E-state index in [9.17, 15) is 9.59 Å². The molecule has 0 bridgehead atoms. The third kappa shape index (κ3) is 2.25. The Morgan fingerprint density at radius 3 is 2.43 bits per heavy atom. The lowest BCUT2D eigenvalue weighted by molar-refractivity contribution is 0.0813. The van der Waals surface area contributed by atoms with Crippen LogP contribution in [0.2, 0.25) is 0 Å². The average Bonchev–Trinajstić information content (AvgIpc) is 2.81. The molecular formula is C17H14N2O2. The minimum atomic E-state index is -0.532. The van der Waals surface area contributed by atoms with E-state index in [-0.39, 0.29) is 0 Å². The minimum absolute atomic E-state index is 0.332. The number of fused-ring (bicyclic) bond motifs is 1. The molecule has 0 aliphatic carbocycles. The Bertz CT molecular complexity index is 848. The first-order valence-electron chi connectivity index (χ1n) is 6.67. The molecule has 1 aromatic carbocycles. The van der Waals surface area contributed by atoms with Gasteiger partial charge in [-0.2, -0.15) is 0 Å². The fourth-order valence-electron chi connectivity index (χ4n) is 2.37. The van der Waals surface area contributed by atoms with Crippen molar-refractivity contribution in [2.45, 2.75) is 13.8 Å². The monoisotopic (exact) mass is 278 g/mol. The van der Waals surface area contributed by atoms with Gasteiger partial charge in [0.1, 0.15) is 11.3 Å². The van der Waals surface area contributed by atoms with Crippen molar-refractivity contribution in [1.82, 2.24) is 9.38 Å². The Balaban J connectivity index is 2.10. The number of nitrogens with zero attached hydrogens (tertiary/aromatic N) is 2. The second-order valence-electron chi connectivity index (χ2n) is 5.00. The van der Waals surface area contributed by atoms with Crippen LogP contribution in [0.25, 0.3) is 5.65 Å². The summed E-state index contributed by atoms with van der Waals surface area (Å²) >= 11 is 0. The van der Waals surface area contributed by atoms with Gasteiger partial charge in [0.05, 0.1) is 5.69 Å². The molecule has 0 aliphatic rings. The van der Waals surface area contributed by atoms with Crippen LogP contribution in [0.4, 0.5) is 0 Å². The second kappa shape index (κ2) is 4.98. The van der Waals surface area contributed by atoms with Gasteiger partial charge in [0.2, 0.25) is 5.78 Å². The van der Waals surface area contributed by atoms with Crippen LogP contribution in [0.3, 0.4) is 0 Å². The zero-order chi connectivity index (χ0) is 15.0. The maximum Gasteiger partial charge on any atom is 0.252 e. The molecule has 0 fully saturated rings. The maximum atomic E-state index is 12.5. The van der Waals surface area contributed by atoms with Crippen LogP contribution >= 0.6 is 0 Å². The van der Waals surface area contributed by atoms with Crippen molar-refractivity contribution in [2.75, 3.05) is 0 Å². The van der Waals surface area contributed by atoms with Gasteiger partial charge < -0.3 is 0 Å². The molecule has 0 spiro atoms. The van der Waals surface area contributed by atoms with Gasteiger partial charge in [-0.25, -0.2) is 4.98 Å². The van der Waals surface area contributed by atoms with Gasteiger partial charge in [0.15, 0.2) is 0 Å². The number of hydrogen-bond donors (Lipinski definition) is 0. The lowest BCUT2D eigenvalue weighted by atomic mass is 10.0. The number of carbonyl (C=O) groups excluding carboxylic acids is 2. The SMILES string of the molecule is Cc1ccn2c(C(=O)C(=O)c3ccccc3)c(C)nc2c1. The van der Waals surface area contributed by atoms with Crippen molar-refractivity contribution in [3.05, 3.63) is 71.2 Å². The molecule has 3 rings (SSSR count). The Morgan fingerprint density at radius 1 is 1.00 bits per heavy atom. The first-order valence-corrected chi connectivity index (χ1v) is 6.67. The van der Waals surface area contributed by atoms with Gasteiger partial charge in [-0.15, -0.1) is 0 Å². The summed E-state index contributed by atoms with van der Waals surface area (Å²) < 4.78 is 1.67. The molecule has 0 N–H and O–H groups in total. The van der Waals surface area contributed by atoms with Crippen LogP contribution in [0.1, 0.15) is 32.1 Å². The van der Waals surface area contributed by atoms with E-state index >= 15 is 0 Å². The van der Waals surface area contributed by atoms with E-state index < -0.39 is 11.6 Å². The predicted octanol–water partition coefficient (Wildman–Crippen LogP) is 3.02. The van der Waals surface area contributed by atoms with Crippen LogP contribution in [0, 0.1) is 13.8 Å². The number of Topliss-reactive ketones (excluding diaryl/α,β-unsaturated/α-hetero) is 2. The zero-order valence-electron chi connectivity index (χ0n) is 11.8. The van der Waals surface area contributed by atoms with Gasteiger partial charge in [0.25, 0.3) is 5.78 Å². The molecule has 104 valence electrons. The molecule has 0 radical (unpaired) electrons. The Labute approximate surface area is 122 Å². The number of rotatable bonds is 3. The summed E-state index contributed by atoms with van der Waals surface area (Å²) in [5.74, 6) is -1.05. The molecule has 0 saturated carbocycles. The van der Waals surface area contributed by atoms with E-state index in [1.54, 1.807) is 41.8 Å². The molecule has 3 aromatic rings. The second-order valence-corrected chi connectivity index (χ2v) is 5.00. The Morgan fingerprint density at radius 2 is 1.71 bits per heavy atom. The molecule has 0 unspecified atom stereocenters. The molecule has 4 heteroatoms. The highest BCUT2D eigenvalue weighted by atomic mass is 16.2. The molecule has 2 heterocycles. The van der Waals surface area contributed by atoms with Crippen molar-refractivity contribution in [2.24, 2.45) is 0 Å². The van der Waals surface area contributed by atoms with Crippen molar-refractivity contribution in [1.29, 1.82) is 0 Å². The van der Waals surface area contributed by atoms with Crippen molar-refractivity contribution in [3.63, 3.8) is 0 Å². The fraction of sp³-hybridized carbons (Fsp3) is 0.118. The summed E-state index contributed by atoms with van der Waals surface area (Å²) in [5, 5.41) is 0. The minimum Gasteiger partial charge on any atom is -0.296 e.